The Balaban J connectivity index is 3.11. The summed E-state index contributed by atoms with van der Waals surface area (Å²) in [6, 6.07) is 5.13. The zero-order valence-electron chi connectivity index (χ0n) is 9.70. The van der Waals surface area contributed by atoms with E-state index in [-0.39, 0.29) is 0 Å². The lowest BCUT2D eigenvalue weighted by Crippen LogP contribution is -2.11. The molecule has 16 heavy (non-hydrogen) atoms. The van der Waals surface area contributed by atoms with Gasteiger partial charge in [0.1, 0.15) is 0 Å². The Bertz CT molecular complexity index is 396. The Kier molecular flexibility index (Phi) is 5.00. The number of hydrogen-bond acceptors (Lipinski definition) is 3. The molecule has 0 bridgehead atoms. The first-order valence-corrected chi connectivity index (χ1v) is 7.11. The van der Waals surface area contributed by atoms with Crippen molar-refractivity contribution in [3.8, 4) is 0 Å². The van der Waals surface area contributed by atoms with Crippen LogP contribution in [0.25, 0.3) is 0 Å². The maximum Gasteiger partial charge on any atom is 0.361 e. The minimum Gasteiger partial charge on any atom is -0.305 e. The van der Waals surface area contributed by atoms with Crippen LogP contribution >= 0.6 is 19.2 Å². The second kappa shape index (κ2) is 5.83. The highest BCUT2D eigenvalue weighted by atomic mass is 35.5. The molecule has 0 heterocycles. The van der Waals surface area contributed by atoms with Crippen LogP contribution in [0.5, 0.6) is 0 Å². The molecule has 0 aliphatic carbocycles. The summed E-state index contributed by atoms with van der Waals surface area (Å²) in [7, 11) is -3.18. The van der Waals surface area contributed by atoms with Gasteiger partial charge in [0.15, 0.2) is 0 Å². The molecule has 90 valence electrons. The summed E-state index contributed by atoms with van der Waals surface area (Å²) >= 11 is 5.91. The molecule has 0 radical (unpaired) electrons. The van der Waals surface area contributed by atoms with Crippen molar-refractivity contribution in [2.45, 2.75) is 20.8 Å². The van der Waals surface area contributed by atoms with Crippen LogP contribution in [0.1, 0.15) is 19.4 Å². The molecule has 0 amide bonds. The zero-order valence-corrected chi connectivity index (χ0v) is 11.3. The minimum absolute atomic E-state index is 0.346. The van der Waals surface area contributed by atoms with Gasteiger partial charge in [-0.05, 0) is 44.5 Å². The van der Waals surface area contributed by atoms with Crippen molar-refractivity contribution >= 4 is 24.5 Å². The topological polar surface area (TPSA) is 35.5 Å². The SMILES string of the molecule is CCOP(=O)(OCC)c1ccc(Cl)c(C)c1. The van der Waals surface area contributed by atoms with E-state index in [0.29, 0.717) is 23.5 Å². The van der Waals surface area contributed by atoms with Gasteiger partial charge in [-0.1, -0.05) is 11.6 Å². The van der Waals surface area contributed by atoms with Crippen LogP contribution in [0.4, 0.5) is 0 Å². The fourth-order valence-electron chi connectivity index (χ4n) is 1.33. The maximum atomic E-state index is 12.4. The number of halogens is 1. The number of hydrogen-bond donors (Lipinski definition) is 0. The van der Waals surface area contributed by atoms with Crippen molar-refractivity contribution in [3.05, 3.63) is 28.8 Å². The Hall–Kier alpha value is -0.340. The van der Waals surface area contributed by atoms with E-state index in [0.717, 1.165) is 5.56 Å². The summed E-state index contributed by atoms with van der Waals surface area (Å²) in [6.45, 7) is 6.12. The van der Waals surface area contributed by atoms with E-state index in [1.165, 1.54) is 0 Å². The molecule has 0 aliphatic rings. The average molecular weight is 263 g/mol. The van der Waals surface area contributed by atoms with Crippen LogP contribution in [0.15, 0.2) is 18.2 Å². The van der Waals surface area contributed by atoms with Crippen molar-refractivity contribution in [2.24, 2.45) is 0 Å². The van der Waals surface area contributed by atoms with E-state index in [1.807, 2.05) is 6.92 Å². The maximum absolute atomic E-state index is 12.4. The third-order valence-corrected chi connectivity index (χ3v) is 4.59. The molecule has 1 rings (SSSR count). The quantitative estimate of drug-likeness (QED) is 0.762. The van der Waals surface area contributed by atoms with Crippen LogP contribution in [0.2, 0.25) is 5.02 Å². The molecular weight excluding hydrogens is 247 g/mol. The van der Waals surface area contributed by atoms with Gasteiger partial charge in [0.25, 0.3) is 0 Å². The summed E-state index contributed by atoms with van der Waals surface area (Å²) in [5.74, 6) is 0. The van der Waals surface area contributed by atoms with Gasteiger partial charge in [0.05, 0.1) is 18.5 Å². The first-order valence-electron chi connectivity index (χ1n) is 5.19. The third kappa shape index (κ3) is 3.08. The fourth-order valence-corrected chi connectivity index (χ4v) is 3.10. The van der Waals surface area contributed by atoms with E-state index in [4.69, 9.17) is 20.6 Å². The van der Waals surface area contributed by atoms with E-state index in [1.54, 1.807) is 32.0 Å². The highest BCUT2D eigenvalue weighted by Crippen LogP contribution is 2.47. The molecular formula is C11H16ClO3P. The van der Waals surface area contributed by atoms with Crippen LogP contribution in [-0.2, 0) is 13.6 Å². The fraction of sp³-hybridized carbons (Fsp3) is 0.455. The zero-order chi connectivity index (χ0) is 12.2. The molecule has 0 saturated carbocycles. The minimum atomic E-state index is -3.18. The van der Waals surface area contributed by atoms with Crippen LogP contribution in [0.3, 0.4) is 0 Å². The molecule has 0 saturated heterocycles. The third-order valence-electron chi connectivity index (χ3n) is 2.06. The van der Waals surface area contributed by atoms with E-state index in [2.05, 4.69) is 0 Å². The Morgan fingerprint density at radius 1 is 1.25 bits per heavy atom. The highest BCUT2D eigenvalue weighted by Gasteiger charge is 2.26. The normalized spacial score (nSPS) is 11.8. The Labute approximate surface area is 101 Å². The second-order valence-electron chi connectivity index (χ2n) is 3.27. The lowest BCUT2D eigenvalue weighted by atomic mass is 10.2. The molecule has 1 aromatic rings. The molecule has 0 spiro atoms. The Morgan fingerprint density at radius 2 is 1.81 bits per heavy atom. The lowest BCUT2D eigenvalue weighted by molar-refractivity contribution is 0.230. The molecule has 1 aromatic carbocycles. The van der Waals surface area contributed by atoms with E-state index < -0.39 is 7.60 Å². The van der Waals surface area contributed by atoms with Crippen LogP contribution in [0, 0.1) is 6.92 Å². The summed E-state index contributed by atoms with van der Waals surface area (Å²) in [5.41, 5.74) is 0.860. The molecule has 0 aliphatic heterocycles. The van der Waals surface area contributed by atoms with Crippen molar-refractivity contribution < 1.29 is 13.6 Å². The molecule has 0 atom stereocenters. The summed E-state index contributed by atoms with van der Waals surface area (Å²) in [5, 5.41) is 1.20. The van der Waals surface area contributed by atoms with Gasteiger partial charge in [0.2, 0.25) is 0 Å². The molecule has 0 N–H and O–H groups in total. The molecule has 0 unspecified atom stereocenters. The Morgan fingerprint density at radius 3 is 2.25 bits per heavy atom. The molecule has 5 heteroatoms. The van der Waals surface area contributed by atoms with Crippen LogP contribution in [-0.4, -0.2) is 13.2 Å². The molecule has 0 fully saturated rings. The number of rotatable bonds is 5. The smallest absolute Gasteiger partial charge is 0.305 e. The standard InChI is InChI=1S/C11H16ClO3P/c1-4-14-16(13,15-5-2)10-6-7-11(12)9(3)8-10/h6-8H,4-5H2,1-3H3. The summed E-state index contributed by atoms with van der Waals surface area (Å²) < 4.78 is 22.9. The molecule has 0 aromatic heterocycles. The average Bonchev–Trinajstić information content (AvgIpc) is 2.22. The number of benzene rings is 1. The van der Waals surface area contributed by atoms with Gasteiger partial charge in [-0.15, -0.1) is 0 Å². The van der Waals surface area contributed by atoms with Gasteiger partial charge in [-0.25, -0.2) is 0 Å². The first kappa shape index (κ1) is 13.7. The predicted molar refractivity (Wildman–Crippen MR) is 66.7 cm³/mol. The summed E-state index contributed by atoms with van der Waals surface area (Å²) in [6.07, 6.45) is 0. The van der Waals surface area contributed by atoms with Gasteiger partial charge in [-0.3, -0.25) is 4.57 Å². The lowest BCUT2D eigenvalue weighted by Gasteiger charge is -2.17. The van der Waals surface area contributed by atoms with Gasteiger partial charge >= 0.3 is 7.60 Å². The summed E-state index contributed by atoms with van der Waals surface area (Å²) in [4.78, 5) is 0. The van der Waals surface area contributed by atoms with Crippen molar-refractivity contribution in [1.82, 2.24) is 0 Å². The van der Waals surface area contributed by atoms with Gasteiger partial charge in [-0.2, -0.15) is 0 Å². The highest BCUT2D eigenvalue weighted by molar-refractivity contribution is 7.62. The van der Waals surface area contributed by atoms with E-state index >= 15 is 0 Å². The first-order chi connectivity index (χ1) is 7.53. The van der Waals surface area contributed by atoms with E-state index in [9.17, 15) is 4.57 Å². The largest absolute Gasteiger partial charge is 0.361 e. The van der Waals surface area contributed by atoms with Crippen molar-refractivity contribution in [1.29, 1.82) is 0 Å². The van der Waals surface area contributed by atoms with Crippen molar-refractivity contribution in [3.63, 3.8) is 0 Å². The predicted octanol–water partition coefficient (Wildman–Crippen LogP) is 3.54. The van der Waals surface area contributed by atoms with Crippen LogP contribution < -0.4 is 5.30 Å². The number of aryl methyl sites for hydroxylation is 1. The van der Waals surface area contributed by atoms with Gasteiger partial charge < -0.3 is 9.05 Å². The van der Waals surface area contributed by atoms with Crippen molar-refractivity contribution in [2.75, 3.05) is 13.2 Å². The monoisotopic (exact) mass is 262 g/mol. The molecule has 3 nitrogen and oxygen atoms in total. The second-order valence-corrected chi connectivity index (χ2v) is 5.70. The van der Waals surface area contributed by atoms with Gasteiger partial charge in [0, 0.05) is 5.02 Å².